The fourth-order valence-corrected chi connectivity index (χ4v) is 3.45. The van der Waals surface area contributed by atoms with Crippen molar-refractivity contribution in [3.63, 3.8) is 0 Å². The van der Waals surface area contributed by atoms with Crippen LogP contribution in [0.3, 0.4) is 0 Å². The van der Waals surface area contributed by atoms with E-state index in [4.69, 9.17) is 9.15 Å². The number of nitrogens with one attached hydrogen (secondary N) is 1. The molecule has 0 aliphatic heterocycles. The Morgan fingerprint density at radius 1 is 0.964 bits per heavy atom. The highest BCUT2D eigenvalue weighted by Crippen LogP contribution is 2.28. The fourth-order valence-electron chi connectivity index (χ4n) is 3.45. The zero-order valence-corrected chi connectivity index (χ0v) is 18.1. The predicted molar refractivity (Wildman–Crippen MR) is 110 cm³/mol. The van der Waals surface area contributed by atoms with Gasteiger partial charge in [-0.3, -0.25) is 4.79 Å². The molecule has 1 N–H and O–H groups in total. The molecule has 5 heteroatoms. The molecule has 5 nitrogen and oxygen atoms in total. The first-order valence-corrected chi connectivity index (χ1v) is 9.61. The molecule has 0 spiro atoms. The second-order valence-corrected chi connectivity index (χ2v) is 7.76. The summed E-state index contributed by atoms with van der Waals surface area (Å²) in [4.78, 5) is 24.4. The Morgan fingerprint density at radius 2 is 1.50 bits per heavy atom. The summed E-state index contributed by atoms with van der Waals surface area (Å²) in [6, 6.07) is 2.76. The summed E-state index contributed by atoms with van der Waals surface area (Å²) in [5, 5.41) is 2.70. The standard InChI is InChI=1S/C23H31NO4/c1-12(2)21(23(26)27-8)24-22(25)20-10-9-18(28-20)11-19-16(6)14(4)13(3)15(5)17(19)7/h9-10,12,21H,11H2,1-8H3,(H,24,25). The number of furan rings is 1. The molecule has 152 valence electrons. The van der Waals surface area contributed by atoms with Gasteiger partial charge in [0, 0.05) is 6.42 Å². The first-order valence-electron chi connectivity index (χ1n) is 9.61. The number of carbonyl (C=O) groups excluding carboxylic acids is 2. The van der Waals surface area contributed by atoms with Crippen LogP contribution in [-0.4, -0.2) is 25.0 Å². The highest BCUT2D eigenvalue weighted by atomic mass is 16.5. The Labute approximate surface area is 167 Å². The van der Waals surface area contributed by atoms with Gasteiger partial charge in [-0.2, -0.15) is 0 Å². The molecule has 1 atom stereocenters. The third kappa shape index (κ3) is 4.29. The summed E-state index contributed by atoms with van der Waals surface area (Å²) in [5.41, 5.74) is 7.65. The number of benzene rings is 1. The molecule has 1 heterocycles. The van der Waals surface area contributed by atoms with E-state index >= 15 is 0 Å². The van der Waals surface area contributed by atoms with Crippen LogP contribution in [-0.2, 0) is 16.0 Å². The summed E-state index contributed by atoms with van der Waals surface area (Å²) in [7, 11) is 1.31. The highest BCUT2D eigenvalue weighted by Gasteiger charge is 2.26. The summed E-state index contributed by atoms with van der Waals surface area (Å²) in [5.74, 6) is -0.0553. The Morgan fingerprint density at radius 3 is 2.00 bits per heavy atom. The Balaban J connectivity index is 2.24. The number of rotatable bonds is 6. The van der Waals surface area contributed by atoms with Crippen LogP contribution in [0, 0.1) is 40.5 Å². The smallest absolute Gasteiger partial charge is 0.328 e. The molecule has 1 aromatic heterocycles. The molecule has 0 radical (unpaired) electrons. The van der Waals surface area contributed by atoms with Crippen molar-refractivity contribution >= 4 is 11.9 Å². The molecule has 0 saturated heterocycles. The van der Waals surface area contributed by atoms with Gasteiger partial charge in [0.2, 0.25) is 0 Å². The maximum atomic E-state index is 12.5. The maximum absolute atomic E-state index is 12.5. The zero-order valence-electron chi connectivity index (χ0n) is 18.1. The van der Waals surface area contributed by atoms with Gasteiger partial charge in [0.1, 0.15) is 11.8 Å². The maximum Gasteiger partial charge on any atom is 0.328 e. The molecular formula is C23H31NO4. The number of methoxy groups -OCH3 is 1. The topological polar surface area (TPSA) is 68.5 Å². The molecule has 0 saturated carbocycles. The summed E-state index contributed by atoms with van der Waals surface area (Å²) in [6.45, 7) is 14.4. The van der Waals surface area contributed by atoms with Crippen LogP contribution in [0.2, 0.25) is 0 Å². The Kier molecular flexibility index (Phi) is 6.70. The van der Waals surface area contributed by atoms with E-state index < -0.39 is 17.9 Å². The van der Waals surface area contributed by atoms with Gasteiger partial charge in [0.15, 0.2) is 5.76 Å². The van der Waals surface area contributed by atoms with Gasteiger partial charge in [-0.1, -0.05) is 13.8 Å². The largest absolute Gasteiger partial charge is 0.467 e. The zero-order chi connectivity index (χ0) is 21.2. The first kappa shape index (κ1) is 21.7. The lowest BCUT2D eigenvalue weighted by Gasteiger charge is -2.19. The number of carbonyl (C=O) groups is 2. The van der Waals surface area contributed by atoms with Gasteiger partial charge in [-0.05, 0) is 86.1 Å². The van der Waals surface area contributed by atoms with Crippen molar-refractivity contribution in [2.24, 2.45) is 5.92 Å². The lowest BCUT2D eigenvalue weighted by molar-refractivity contribution is -0.144. The average molecular weight is 386 g/mol. The minimum Gasteiger partial charge on any atom is -0.467 e. The molecule has 1 unspecified atom stereocenters. The van der Waals surface area contributed by atoms with Crippen LogP contribution < -0.4 is 5.32 Å². The number of amides is 1. The number of hydrogen-bond acceptors (Lipinski definition) is 4. The molecule has 1 amide bonds. The lowest BCUT2D eigenvalue weighted by atomic mass is 9.88. The van der Waals surface area contributed by atoms with Crippen LogP contribution in [0.5, 0.6) is 0 Å². The van der Waals surface area contributed by atoms with E-state index in [1.807, 2.05) is 19.9 Å². The summed E-state index contributed by atoms with van der Waals surface area (Å²) in [6.07, 6.45) is 0.623. The van der Waals surface area contributed by atoms with E-state index in [1.54, 1.807) is 6.07 Å². The molecule has 28 heavy (non-hydrogen) atoms. The number of hydrogen-bond donors (Lipinski definition) is 1. The average Bonchev–Trinajstić information content (AvgIpc) is 3.14. The second kappa shape index (κ2) is 8.63. The molecule has 2 aromatic rings. The van der Waals surface area contributed by atoms with Crippen molar-refractivity contribution < 1.29 is 18.7 Å². The minimum atomic E-state index is -0.710. The number of esters is 1. The fraction of sp³-hybridized carbons (Fsp3) is 0.478. The van der Waals surface area contributed by atoms with Crippen LogP contribution in [0.1, 0.15) is 63.5 Å². The van der Waals surface area contributed by atoms with Crippen molar-refractivity contribution in [3.8, 4) is 0 Å². The molecular weight excluding hydrogens is 354 g/mol. The quantitative estimate of drug-likeness (QED) is 0.751. The van der Waals surface area contributed by atoms with Crippen molar-refractivity contribution in [1.29, 1.82) is 0 Å². The molecule has 0 bridgehead atoms. The van der Waals surface area contributed by atoms with Gasteiger partial charge in [0.25, 0.3) is 5.91 Å². The Bertz CT molecular complexity index is 863. The lowest BCUT2D eigenvalue weighted by Crippen LogP contribution is -2.44. The van der Waals surface area contributed by atoms with Gasteiger partial charge in [-0.25, -0.2) is 4.79 Å². The van der Waals surface area contributed by atoms with E-state index in [2.05, 4.69) is 39.9 Å². The molecule has 1 aromatic carbocycles. The molecule has 0 aliphatic carbocycles. The van der Waals surface area contributed by atoms with E-state index in [-0.39, 0.29) is 11.7 Å². The van der Waals surface area contributed by atoms with Crippen LogP contribution in [0.25, 0.3) is 0 Å². The minimum absolute atomic E-state index is 0.0883. The Hall–Kier alpha value is -2.56. The van der Waals surface area contributed by atoms with Crippen molar-refractivity contribution in [2.75, 3.05) is 7.11 Å². The summed E-state index contributed by atoms with van der Waals surface area (Å²) >= 11 is 0. The molecule has 0 fully saturated rings. The number of ether oxygens (including phenoxy) is 1. The predicted octanol–water partition coefficient (Wildman–Crippen LogP) is 4.34. The van der Waals surface area contributed by atoms with Crippen LogP contribution >= 0.6 is 0 Å². The molecule has 2 rings (SSSR count). The monoisotopic (exact) mass is 385 g/mol. The van der Waals surface area contributed by atoms with E-state index in [1.165, 1.54) is 40.5 Å². The van der Waals surface area contributed by atoms with Gasteiger partial charge in [0.05, 0.1) is 7.11 Å². The van der Waals surface area contributed by atoms with Crippen molar-refractivity contribution in [2.45, 2.75) is 60.9 Å². The van der Waals surface area contributed by atoms with Gasteiger partial charge < -0.3 is 14.5 Å². The van der Waals surface area contributed by atoms with Crippen molar-refractivity contribution in [1.82, 2.24) is 5.32 Å². The summed E-state index contributed by atoms with van der Waals surface area (Å²) < 4.78 is 10.6. The normalized spacial score (nSPS) is 12.2. The SMILES string of the molecule is COC(=O)C(NC(=O)c1ccc(Cc2c(C)c(C)c(C)c(C)c2C)o1)C(C)C. The van der Waals surface area contributed by atoms with Gasteiger partial charge in [-0.15, -0.1) is 0 Å². The van der Waals surface area contributed by atoms with Crippen LogP contribution in [0.4, 0.5) is 0 Å². The second-order valence-electron chi connectivity index (χ2n) is 7.76. The van der Waals surface area contributed by atoms with E-state index in [0.29, 0.717) is 6.42 Å². The van der Waals surface area contributed by atoms with Gasteiger partial charge >= 0.3 is 5.97 Å². The van der Waals surface area contributed by atoms with Crippen molar-refractivity contribution in [3.05, 3.63) is 57.0 Å². The van der Waals surface area contributed by atoms with E-state index in [9.17, 15) is 9.59 Å². The van der Waals surface area contributed by atoms with Crippen LogP contribution in [0.15, 0.2) is 16.5 Å². The highest BCUT2D eigenvalue weighted by molar-refractivity contribution is 5.94. The first-order chi connectivity index (χ1) is 13.1. The third-order valence-corrected chi connectivity index (χ3v) is 5.80. The van der Waals surface area contributed by atoms with E-state index in [0.717, 1.165) is 5.76 Å². The third-order valence-electron chi connectivity index (χ3n) is 5.80. The molecule has 0 aliphatic rings.